The molecule has 4 aliphatic rings. The third kappa shape index (κ3) is 83.5. The number of likely N-dealkylation sites (tertiary alicyclic amines) is 4. The Bertz CT molecular complexity index is 409. The van der Waals surface area contributed by atoms with E-state index in [1.54, 1.807) is 0 Å². The van der Waals surface area contributed by atoms with E-state index in [-0.39, 0.29) is 129 Å². The Kier molecular flexibility index (Phi) is 150. The van der Waals surface area contributed by atoms with Crippen LogP contribution in [0.4, 0.5) is 0 Å². The van der Waals surface area contributed by atoms with Gasteiger partial charge in [-0.3, -0.25) is 0 Å². The molecule has 7 nitrogen and oxygen atoms in total. The van der Waals surface area contributed by atoms with E-state index in [2.05, 4.69) is 102 Å². The van der Waals surface area contributed by atoms with Gasteiger partial charge in [-0.2, -0.15) is 19.3 Å². The van der Waals surface area contributed by atoms with Crippen LogP contribution in [0.15, 0.2) is 0 Å². The first-order valence-corrected chi connectivity index (χ1v) is 15.4. The molecule has 0 radical (unpaired) electrons. The molecule has 4 rings (SSSR count). The van der Waals surface area contributed by atoms with Gasteiger partial charge in [0.25, 0.3) is 0 Å². The maximum Gasteiger partial charge on any atom is 2.00 e. The predicted molar refractivity (Wildman–Crippen MR) is 223 cm³/mol. The molecule has 4 saturated heterocycles. The van der Waals surface area contributed by atoms with E-state index in [0.29, 0.717) is 31.7 Å². The fourth-order valence-corrected chi connectivity index (χ4v) is 3.75. The summed E-state index contributed by atoms with van der Waals surface area (Å²) in [5, 5.41) is 0. The molecule has 4 aliphatic heterocycles. The fourth-order valence-electron chi connectivity index (χ4n) is 3.75. The van der Waals surface area contributed by atoms with Crippen molar-refractivity contribution in [2.45, 2.75) is 121 Å². The molecule has 0 aromatic rings. The normalized spacial score (nSPS) is 18.1. The Labute approximate surface area is 380 Å². The molecule has 0 amide bonds. The monoisotopic (exact) mass is 1400 g/mol. The zero-order valence-corrected chi connectivity index (χ0v) is 41.2. The van der Waals surface area contributed by atoms with Crippen molar-refractivity contribution in [3.8, 4) is 0 Å². The summed E-state index contributed by atoms with van der Waals surface area (Å²) in [6, 6.07) is 1.18. The van der Waals surface area contributed by atoms with Gasteiger partial charge < -0.3 is 91.2 Å². The number of nitrogens with two attached hydrogens (primary N) is 3. The summed E-state index contributed by atoms with van der Waals surface area (Å²) >= 11 is 0. The maximum absolute atomic E-state index is 4.74. The minimum atomic E-state index is 0. The van der Waals surface area contributed by atoms with Crippen LogP contribution < -0.4 is 17.2 Å². The van der Waals surface area contributed by atoms with Gasteiger partial charge in [0, 0.05) is 0 Å². The molecule has 50 heavy (non-hydrogen) atoms. The van der Waals surface area contributed by atoms with Crippen LogP contribution in [-0.4, -0.2) is 119 Å². The standard InChI is InChI=1S/C7H14N.2C6H12N.C5H10N.C3H7.3C2H6N.6CH4.4W/c1-7-5-3-4-6-8(7)2;1-6-4-3-5-7(6)2;1-7-5-3-2-4-6-7;1-6-4-2-3-5-6;1-3-2;3*1-2-3;;;;;;;;;;/h7H,1,3-6H2,2H3;6H,1,3-5H2,2H3;3H,2,4-6H2,1H3;2H,3-5H2,1H3;1,3H2,2H3;3*1-3H2;6*1H4;;;;/q8*-1;;;;;;;4*+2. The van der Waals surface area contributed by atoms with Crippen molar-refractivity contribution in [2.75, 3.05) is 87.1 Å². The van der Waals surface area contributed by atoms with E-state index >= 15 is 0 Å². The fraction of sp³-hybridized carbons (Fsp3) is 0.795. The van der Waals surface area contributed by atoms with Crippen LogP contribution in [-0.2, 0) is 84.3 Å². The Morgan fingerprint density at radius 1 is 0.520 bits per heavy atom. The average molecular weight is 1400 g/mol. The van der Waals surface area contributed by atoms with Crippen molar-refractivity contribution >= 4 is 0 Å². The summed E-state index contributed by atoms with van der Waals surface area (Å²) in [6.07, 6.45) is 16.3. The van der Waals surface area contributed by atoms with Gasteiger partial charge in [-0.05, 0) is 67.2 Å². The van der Waals surface area contributed by atoms with Gasteiger partial charge in [-0.15, -0.1) is 44.8 Å². The molecule has 2 unspecified atom stereocenters. The maximum atomic E-state index is 4.74. The van der Waals surface area contributed by atoms with Crippen molar-refractivity contribution in [2.24, 2.45) is 17.2 Å². The Morgan fingerprint density at radius 3 is 0.960 bits per heavy atom. The van der Waals surface area contributed by atoms with Crippen molar-refractivity contribution in [3.63, 3.8) is 0 Å². The molecule has 0 spiro atoms. The third-order valence-corrected chi connectivity index (χ3v) is 6.14. The second-order valence-corrected chi connectivity index (χ2v) is 10.3. The Balaban J connectivity index is -0.0000000247. The molecule has 0 aromatic carbocycles. The van der Waals surface area contributed by atoms with Crippen molar-refractivity contribution < 1.29 is 84.3 Å². The Hall–Kier alpha value is 2.47. The summed E-state index contributed by atoms with van der Waals surface area (Å²) in [6.45, 7) is 32.2. The van der Waals surface area contributed by atoms with Gasteiger partial charge in [0.1, 0.15) is 0 Å². The van der Waals surface area contributed by atoms with Crippen LogP contribution >= 0.6 is 0 Å². The first-order chi connectivity index (χ1) is 19.1. The van der Waals surface area contributed by atoms with Gasteiger partial charge in [0.2, 0.25) is 0 Å². The zero-order chi connectivity index (χ0) is 31.6. The van der Waals surface area contributed by atoms with Crippen molar-refractivity contribution in [1.29, 1.82) is 0 Å². The smallest absolute Gasteiger partial charge is 0.360 e. The largest absolute Gasteiger partial charge is 2.00 e. The summed E-state index contributed by atoms with van der Waals surface area (Å²) in [5.41, 5.74) is 14.2. The number of nitrogens with zero attached hydrogens (tertiary/aromatic N) is 4. The van der Waals surface area contributed by atoms with Gasteiger partial charge in [0.15, 0.2) is 0 Å². The number of rotatable bonds is 0. The van der Waals surface area contributed by atoms with Crippen LogP contribution in [0.3, 0.4) is 0 Å². The van der Waals surface area contributed by atoms with Gasteiger partial charge in [0.05, 0.1) is 0 Å². The molecule has 0 aromatic heterocycles. The molecule has 6 N–H and O–H groups in total. The molecular weight excluding hydrogens is 1300 g/mol. The van der Waals surface area contributed by atoms with Gasteiger partial charge in [-0.25, -0.2) is 0 Å². The van der Waals surface area contributed by atoms with Crippen LogP contribution in [0.5, 0.6) is 0 Å². The van der Waals surface area contributed by atoms with E-state index < -0.39 is 0 Å². The molecule has 2 atom stereocenters. The predicted octanol–water partition coefficient (Wildman–Crippen LogP) is 8.04. The molecule has 312 valence electrons. The first-order valence-electron chi connectivity index (χ1n) is 15.4. The molecule has 0 bridgehead atoms. The quantitative estimate of drug-likeness (QED) is 0.212. The van der Waals surface area contributed by atoms with Gasteiger partial charge >= 0.3 is 84.3 Å². The SMILES string of the molecule is C.C.C.C.C.C.CN1C[CH-]CC1.CN1C[CH-]CCC1.[CH2-]C1CCCCN1C.[CH2-]C1CCCN1C.[CH2-]CC.[CH2-]CN.[CH2-]CN.[CH2-]CN.[W+2].[W+2].[W+2].[W+2]. The van der Waals surface area contributed by atoms with Gasteiger partial charge in [-0.1, -0.05) is 77.2 Å². The summed E-state index contributed by atoms with van der Waals surface area (Å²) in [7, 11) is 8.58. The first kappa shape index (κ1) is 93.9. The van der Waals surface area contributed by atoms with E-state index in [9.17, 15) is 0 Å². The summed E-state index contributed by atoms with van der Waals surface area (Å²) < 4.78 is 0. The Morgan fingerprint density at radius 2 is 0.820 bits per heavy atom. The third-order valence-electron chi connectivity index (χ3n) is 6.14. The molecule has 0 saturated carbocycles. The van der Waals surface area contributed by atoms with Crippen molar-refractivity contribution in [3.05, 3.63) is 54.4 Å². The van der Waals surface area contributed by atoms with E-state index in [1.165, 1.54) is 90.6 Å². The zero-order valence-electron chi connectivity index (χ0n) is 29.4. The van der Waals surface area contributed by atoms with Crippen LogP contribution in [0.1, 0.15) is 109 Å². The molecule has 11 heteroatoms. The average Bonchev–Trinajstić information content (AvgIpc) is 3.55. The number of hydrogen-bond acceptors (Lipinski definition) is 7. The molecule has 0 aliphatic carbocycles. The number of piperidine rings is 2. The van der Waals surface area contributed by atoms with E-state index in [0.717, 1.165) is 6.42 Å². The minimum Gasteiger partial charge on any atom is -0.360 e. The van der Waals surface area contributed by atoms with Crippen LogP contribution in [0, 0.1) is 54.4 Å². The summed E-state index contributed by atoms with van der Waals surface area (Å²) in [4.78, 5) is 9.26. The molecule has 4 fully saturated rings. The second kappa shape index (κ2) is 80.1. The van der Waals surface area contributed by atoms with Crippen molar-refractivity contribution in [1.82, 2.24) is 19.6 Å². The topological polar surface area (TPSA) is 91.0 Å². The molecular formula is C39H97N7W4. The van der Waals surface area contributed by atoms with Crippen LogP contribution in [0.25, 0.3) is 0 Å². The van der Waals surface area contributed by atoms with E-state index in [1.807, 2.05) is 6.92 Å². The second-order valence-electron chi connectivity index (χ2n) is 10.3. The number of hydrogen-bond donors (Lipinski definition) is 3. The van der Waals surface area contributed by atoms with E-state index in [4.69, 9.17) is 17.2 Å². The van der Waals surface area contributed by atoms with Crippen LogP contribution in [0.2, 0.25) is 0 Å². The minimum absolute atomic E-state index is 0. The molecule has 4 heterocycles. The summed E-state index contributed by atoms with van der Waals surface area (Å²) in [5.74, 6) is 0.